The first-order valence-corrected chi connectivity index (χ1v) is 5.71. The van der Waals surface area contributed by atoms with Crippen LogP contribution in [0.15, 0.2) is 6.20 Å². The number of hydrogen-bond acceptors (Lipinski definition) is 3. The molecule has 1 unspecified atom stereocenters. The third kappa shape index (κ3) is 2.67. The van der Waals surface area contributed by atoms with E-state index in [0.29, 0.717) is 0 Å². The van der Waals surface area contributed by atoms with Gasteiger partial charge >= 0.3 is 0 Å². The second kappa shape index (κ2) is 4.17. The summed E-state index contributed by atoms with van der Waals surface area (Å²) in [4.78, 5) is 8.74. The van der Waals surface area contributed by atoms with Crippen LogP contribution in [0, 0.1) is 25.7 Å². The maximum atomic E-state index is 4.45. The van der Waals surface area contributed by atoms with Gasteiger partial charge in [-0.05, 0) is 38.5 Å². The van der Waals surface area contributed by atoms with Gasteiger partial charge in [-0.3, -0.25) is 4.98 Å². The lowest BCUT2D eigenvalue weighted by Gasteiger charge is -2.12. The summed E-state index contributed by atoms with van der Waals surface area (Å²) in [6, 6.07) is 0. The van der Waals surface area contributed by atoms with Crippen molar-refractivity contribution in [3.8, 4) is 0 Å². The zero-order valence-corrected chi connectivity index (χ0v) is 9.75. The zero-order valence-electron chi connectivity index (χ0n) is 9.75. The molecule has 1 aliphatic rings. The van der Waals surface area contributed by atoms with Crippen LogP contribution in [0.4, 0.5) is 5.82 Å². The molecule has 3 nitrogen and oxygen atoms in total. The van der Waals surface area contributed by atoms with Gasteiger partial charge in [-0.1, -0.05) is 6.92 Å². The predicted molar refractivity (Wildman–Crippen MR) is 61.9 cm³/mol. The molecule has 1 aliphatic carbocycles. The molecule has 0 amide bonds. The minimum atomic E-state index is 0.758. The average Bonchev–Trinajstić information content (AvgIpc) is 3.03. The summed E-state index contributed by atoms with van der Waals surface area (Å²) in [5, 5.41) is 3.36. The highest BCUT2D eigenvalue weighted by Gasteiger charge is 2.27. The van der Waals surface area contributed by atoms with Crippen molar-refractivity contribution in [1.82, 2.24) is 9.97 Å². The number of aryl methyl sites for hydroxylation is 2. The fourth-order valence-electron chi connectivity index (χ4n) is 1.72. The minimum Gasteiger partial charge on any atom is -0.369 e. The van der Waals surface area contributed by atoms with E-state index in [1.54, 1.807) is 0 Å². The standard InChI is InChI=1S/C12H19N3/c1-8(11-4-5-11)6-14-12-7-13-9(2)10(3)15-12/h7-8,11H,4-6H2,1-3H3,(H,14,15). The molecule has 0 aliphatic heterocycles. The Balaban J connectivity index is 1.89. The number of anilines is 1. The summed E-state index contributed by atoms with van der Waals surface area (Å²) in [6.07, 6.45) is 4.63. The van der Waals surface area contributed by atoms with Crippen LogP contribution in [-0.2, 0) is 0 Å². The Kier molecular flexibility index (Phi) is 2.89. The second-order valence-electron chi connectivity index (χ2n) is 4.62. The van der Waals surface area contributed by atoms with Crippen LogP contribution in [-0.4, -0.2) is 16.5 Å². The Morgan fingerprint density at radius 3 is 2.73 bits per heavy atom. The molecule has 0 saturated heterocycles. The van der Waals surface area contributed by atoms with Crippen molar-refractivity contribution in [3.63, 3.8) is 0 Å². The quantitative estimate of drug-likeness (QED) is 0.821. The van der Waals surface area contributed by atoms with Gasteiger partial charge in [0.25, 0.3) is 0 Å². The van der Waals surface area contributed by atoms with E-state index in [4.69, 9.17) is 0 Å². The summed E-state index contributed by atoms with van der Waals surface area (Å²) < 4.78 is 0. The summed E-state index contributed by atoms with van der Waals surface area (Å²) in [5.41, 5.74) is 2.02. The van der Waals surface area contributed by atoms with Crippen molar-refractivity contribution in [2.45, 2.75) is 33.6 Å². The summed E-state index contributed by atoms with van der Waals surface area (Å²) in [7, 11) is 0. The number of aromatic nitrogens is 2. The third-order valence-corrected chi connectivity index (χ3v) is 3.22. The number of nitrogens with one attached hydrogen (secondary N) is 1. The van der Waals surface area contributed by atoms with Gasteiger partial charge in [0.2, 0.25) is 0 Å². The van der Waals surface area contributed by atoms with E-state index < -0.39 is 0 Å². The van der Waals surface area contributed by atoms with Gasteiger partial charge in [-0.2, -0.15) is 0 Å². The van der Waals surface area contributed by atoms with Gasteiger partial charge in [0.15, 0.2) is 0 Å². The van der Waals surface area contributed by atoms with E-state index in [2.05, 4.69) is 22.2 Å². The van der Waals surface area contributed by atoms with E-state index in [1.807, 2.05) is 20.0 Å². The highest BCUT2D eigenvalue weighted by atomic mass is 15.0. The first-order valence-electron chi connectivity index (χ1n) is 5.71. The lowest BCUT2D eigenvalue weighted by molar-refractivity contribution is 0.535. The molecule has 3 heteroatoms. The van der Waals surface area contributed by atoms with Crippen LogP contribution in [0.2, 0.25) is 0 Å². The monoisotopic (exact) mass is 205 g/mol. The highest BCUT2D eigenvalue weighted by molar-refractivity contribution is 5.33. The van der Waals surface area contributed by atoms with Gasteiger partial charge in [-0.25, -0.2) is 4.98 Å². The molecule has 0 bridgehead atoms. The Hall–Kier alpha value is -1.12. The van der Waals surface area contributed by atoms with Crippen LogP contribution in [0.25, 0.3) is 0 Å². The first-order chi connectivity index (χ1) is 7.16. The van der Waals surface area contributed by atoms with E-state index >= 15 is 0 Å². The van der Waals surface area contributed by atoms with Crippen molar-refractivity contribution < 1.29 is 0 Å². The molecular weight excluding hydrogens is 186 g/mol. The Morgan fingerprint density at radius 2 is 2.13 bits per heavy atom. The summed E-state index contributed by atoms with van der Waals surface area (Å²) >= 11 is 0. The molecular formula is C12H19N3. The van der Waals surface area contributed by atoms with Crippen molar-refractivity contribution >= 4 is 5.82 Å². The van der Waals surface area contributed by atoms with Gasteiger partial charge in [-0.15, -0.1) is 0 Å². The van der Waals surface area contributed by atoms with E-state index in [0.717, 1.165) is 35.6 Å². The number of nitrogens with zero attached hydrogens (tertiary/aromatic N) is 2. The van der Waals surface area contributed by atoms with Crippen molar-refractivity contribution in [2.75, 3.05) is 11.9 Å². The van der Waals surface area contributed by atoms with E-state index in [1.165, 1.54) is 12.8 Å². The van der Waals surface area contributed by atoms with E-state index in [-0.39, 0.29) is 0 Å². The number of hydrogen-bond donors (Lipinski definition) is 1. The van der Waals surface area contributed by atoms with E-state index in [9.17, 15) is 0 Å². The first kappa shape index (κ1) is 10.4. The van der Waals surface area contributed by atoms with Gasteiger partial charge in [0, 0.05) is 6.54 Å². The molecule has 1 aromatic rings. The predicted octanol–water partition coefficient (Wildman–Crippen LogP) is 2.55. The molecule has 15 heavy (non-hydrogen) atoms. The summed E-state index contributed by atoms with van der Waals surface area (Å²) in [6.45, 7) is 7.30. The molecule has 1 N–H and O–H groups in total. The number of rotatable bonds is 4. The fourth-order valence-corrected chi connectivity index (χ4v) is 1.72. The average molecular weight is 205 g/mol. The molecule has 1 saturated carbocycles. The maximum absolute atomic E-state index is 4.45. The van der Waals surface area contributed by atoms with Crippen LogP contribution in [0.1, 0.15) is 31.2 Å². The largest absolute Gasteiger partial charge is 0.369 e. The maximum Gasteiger partial charge on any atom is 0.144 e. The molecule has 1 heterocycles. The smallest absolute Gasteiger partial charge is 0.144 e. The van der Waals surface area contributed by atoms with Crippen molar-refractivity contribution in [3.05, 3.63) is 17.6 Å². The topological polar surface area (TPSA) is 37.8 Å². The third-order valence-electron chi connectivity index (χ3n) is 3.22. The van der Waals surface area contributed by atoms with Gasteiger partial charge < -0.3 is 5.32 Å². The van der Waals surface area contributed by atoms with Gasteiger partial charge in [0.1, 0.15) is 5.82 Å². The lowest BCUT2D eigenvalue weighted by atomic mass is 10.1. The van der Waals surface area contributed by atoms with Crippen molar-refractivity contribution in [2.24, 2.45) is 11.8 Å². The van der Waals surface area contributed by atoms with Crippen LogP contribution in [0.5, 0.6) is 0 Å². The van der Waals surface area contributed by atoms with Gasteiger partial charge in [0.05, 0.1) is 17.6 Å². The van der Waals surface area contributed by atoms with Crippen molar-refractivity contribution in [1.29, 1.82) is 0 Å². The van der Waals surface area contributed by atoms with Crippen LogP contribution in [0.3, 0.4) is 0 Å². The molecule has 0 aromatic carbocycles. The van der Waals surface area contributed by atoms with Crippen LogP contribution >= 0.6 is 0 Å². The molecule has 82 valence electrons. The normalized spacial score (nSPS) is 17.5. The molecule has 0 spiro atoms. The Morgan fingerprint density at radius 1 is 1.40 bits per heavy atom. The molecule has 1 aromatic heterocycles. The fraction of sp³-hybridized carbons (Fsp3) is 0.667. The molecule has 2 rings (SSSR count). The SMILES string of the molecule is Cc1ncc(NCC(C)C2CC2)nc1C. The lowest BCUT2D eigenvalue weighted by Crippen LogP contribution is -2.14. The molecule has 0 radical (unpaired) electrons. The summed E-state index contributed by atoms with van der Waals surface area (Å²) in [5.74, 6) is 2.61. The Bertz CT molecular complexity index is 345. The van der Waals surface area contributed by atoms with Crippen LogP contribution < -0.4 is 5.32 Å². The molecule has 1 atom stereocenters. The second-order valence-corrected chi connectivity index (χ2v) is 4.62. The zero-order chi connectivity index (χ0) is 10.8. The molecule has 1 fully saturated rings. The highest BCUT2D eigenvalue weighted by Crippen LogP contribution is 2.36. The Labute approximate surface area is 91.3 Å². The minimum absolute atomic E-state index is 0.758.